The lowest BCUT2D eigenvalue weighted by atomic mass is 9.81. The number of aryl methyl sites for hydroxylation is 1. The second-order valence-corrected chi connectivity index (χ2v) is 42.3. The van der Waals surface area contributed by atoms with E-state index in [0.717, 1.165) is 95.1 Å². The zero-order valence-corrected chi connectivity index (χ0v) is 84.0. The van der Waals surface area contributed by atoms with Gasteiger partial charge in [-0.1, -0.05) is 350 Å². The molecule has 1 aromatic heterocycles. The summed E-state index contributed by atoms with van der Waals surface area (Å²) >= 11 is 1.17. The van der Waals surface area contributed by atoms with Crippen molar-refractivity contribution in [1.82, 2.24) is 0 Å². The molecule has 0 aliphatic heterocycles. The Hall–Kier alpha value is -12.1. The highest BCUT2D eigenvalue weighted by Crippen LogP contribution is 2.44. The number of fused-ring (bicyclic) bond motifs is 3. The molecule has 12 rings (SSSR count). The summed E-state index contributed by atoms with van der Waals surface area (Å²) in [6, 6.07) is 69.2. The molecule has 15 nitrogen and oxygen atoms in total. The number of ether oxygens (including phenoxy) is 1. The monoisotopic (exact) mass is 1800 g/mol. The third-order valence-corrected chi connectivity index (χ3v) is 24.1. The molecule has 0 radical (unpaired) electrons. The molecule has 0 bridgehead atoms. The molecule has 0 atom stereocenters. The van der Waals surface area contributed by atoms with E-state index in [1.54, 1.807) is 67.6 Å². The Balaban J connectivity index is 0.000000216. The van der Waals surface area contributed by atoms with Crippen molar-refractivity contribution in [1.29, 1.82) is 0 Å². The molecular formula is C116H140N4O11S. The van der Waals surface area contributed by atoms with Crippen molar-refractivity contribution < 1.29 is 54.2 Å². The first kappa shape index (κ1) is 105. The summed E-state index contributed by atoms with van der Waals surface area (Å²) in [4.78, 5) is 55.8. The second-order valence-electron chi connectivity index (χ2n) is 41.2. The summed E-state index contributed by atoms with van der Waals surface area (Å²) < 4.78 is 12.4. The van der Waals surface area contributed by atoms with Crippen molar-refractivity contribution in [2.75, 3.05) is 0 Å². The van der Waals surface area contributed by atoms with Gasteiger partial charge < -0.3 is 39.8 Å². The maximum atomic E-state index is 11.8. The molecule has 11 aromatic carbocycles. The van der Waals surface area contributed by atoms with Gasteiger partial charge in [-0.2, -0.15) is 0 Å². The predicted molar refractivity (Wildman–Crippen MR) is 554 cm³/mol. The van der Waals surface area contributed by atoms with Gasteiger partial charge in [0.25, 0.3) is 0 Å². The van der Waals surface area contributed by atoms with Gasteiger partial charge >= 0.3 is 17.9 Å². The first-order chi connectivity index (χ1) is 61.5. The van der Waals surface area contributed by atoms with Crippen LogP contribution in [0.3, 0.4) is 0 Å². The van der Waals surface area contributed by atoms with Gasteiger partial charge in [0.05, 0.1) is 64.1 Å². The number of carboxylic acid groups (broad SMARTS) is 3. The molecule has 12 aromatic rings. The van der Waals surface area contributed by atoms with Crippen LogP contribution in [0, 0.1) is 6.92 Å². The highest BCUT2D eigenvalue weighted by molar-refractivity contribution is 7.99. The summed E-state index contributed by atoms with van der Waals surface area (Å²) in [6.45, 7) is 66.1. The van der Waals surface area contributed by atoms with Crippen molar-refractivity contribution in [3.8, 4) is 11.5 Å². The average Bonchev–Trinajstić information content (AvgIpc) is 1.59. The van der Waals surface area contributed by atoms with Crippen LogP contribution < -0.4 is 4.74 Å². The fraction of sp³-hybridized carbons (Fsp3) is 0.353. The predicted octanol–water partition coefficient (Wildman–Crippen LogP) is 31.9. The molecule has 0 spiro atoms. The number of aromatic carboxylic acids is 3. The van der Waals surface area contributed by atoms with Crippen molar-refractivity contribution in [3.05, 3.63) is 325 Å². The van der Waals surface area contributed by atoms with Crippen LogP contribution in [0.1, 0.15) is 338 Å². The van der Waals surface area contributed by atoms with Crippen LogP contribution in [0.15, 0.2) is 253 Å². The minimum absolute atomic E-state index is 0.0258. The molecule has 1 heterocycles. The minimum atomic E-state index is -1.06. The molecule has 0 aliphatic rings. The van der Waals surface area contributed by atoms with E-state index in [1.165, 1.54) is 62.3 Å². The van der Waals surface area contributed by atoms with Crippen molar-refractivity contribution >= 4 is 104 Å². The number of nitrogens with zero attached hydrogens (tertiary/aromatic N) is 4. The normalized spacial score (nSPS) is 12.4. The number of aliphatic hydroxyl groups is 3. The van der Waals surface area contributed by atoms with Gasteiger partial charge in [0.15, 0.2) is 0 Å². The Morgan fingerprint density at radius 2 is 0.712 bits per heavy atom. The lowest BCUT2D eigenvalue weighted by Gasteiger charge is -2.25. The van der Waals surface area contributed by atoms with Crippen molar-refractivity contribution in [2.45, 2.75) is 280 Å². The zero-order valence-electron chi connectivity index (χ0n) is 83.2. The minimum Gasteiger partial charge on any atom is -0.508 e. The topological polar surface area (TPSA) is 244 Å². The second kappa shape index (κ2) is 44.4. The summed E-state index contributed by atoms with van der Waals surface area (Å²) in [5, 5.41) is 57.7. The van der Waals surface area contributed by atoms with Crippen LogP contribution in [0.2, 0.25) is 0 Å². The molecule has 0 saturated carbocycles. The molecule has 0 amide bonds. The van der Waals surface area contributed by atoms with Gasteiger partial charge in [-0.05, 0) is 199 Å². The van der Waals surface area contributed by atoms with Gasteiger partial charge in [-0.3, -0.25) is 20.0 Å². The molecule has 0 aliphatic carbocycles. The van der Waals surface area contributed by atoms with Gasteiger partial charge in [-0.15, -0.1) is 0 Å². The summed E-state index contributed by atoms with van der Waals surface area (Å²) in [6.07, 6.45) is 3.92. The standard InChI is InChI=1S/C42H50N2O.C28H40N2.C22H26O4S.C14H14O3.C10H10O3/c1-39(2,3)29-19-21-33(41(7,8)9)35(23-29)43-25-27-15-13-17-31-32-18-14-16-28(38(32)45-37(27)31)26-44-36-24-30(40(4,5)6)20-22-34(36)42(10,11)12;1-17(2)23-13-11-14-24(18(3)4)27(23)29-21(9)22(10)30-28-25(19(5)6)15-12-16-26(28)20(7)8;1-21(2,3)13-7-9-17(15(11-13)19(23)24)27-18-10-8-14(22(4,5)6)12-16(18)20(25)26;15-9-11-5-1-3-7-13(11)17-14-8-4-2-6-12(14)10-16;1-6-3-4-8(7(2)11)9(5-6)10(12)13/h13-26H,1-12H3;11-20H,1-10H3;7-12H,1-6H3,(H,23,24)(H,25,26);1-8,15-16H,9-10H2;3-5,11H,2H2,1H3,(H,12,13). The van der Waals surface area contributed by atoms with Crippen LogP contribution in [-0.4, -0.2) is 72.4 Å². The fourth-order valence-electron chi connectivity index (χ4n) is 14.9. The molecule has 696 valence electrons. The molecule has 0 unspecified atom stereocenters. The SMILES string of the molecule is C=C(O)c1ccc(C)cc1C(=O)O.CC(=Nc1c(C(C)C)cccc1C(C)C)C(C)=Nc1c(C(C)C)cccc1C(C)C.CC(C)(C)c1ccc(C(C)(C)C)c(N=Cc2cccc3c2oc2c(C=Nc4cc(C(C)(C)C)ccc4C(C)(C)C)cccc23)c1.CC(C)(C)c1ccc(Sc2ccc(C(C)(C)C)cc2C(=O)O)c(C(=O)O)c1.OCc1ccccc1Oc1ccccc1CO. The number of hydrogen-bond acceptors (Lipinski definition) is 13. The maximum absolute atomic E-state index is 11.8. The van der Waals surface area contributed by atoms with Crippen LogP contribution in [0.25, 0.3) is 27.7 Å². The Morgan fingerprint density at radius 3 is 1.02 bits per heavy atom. The third-order valence-electron chi connectivity index (χ3n) is 23.0. The van der Waals surface area contributed by atoms with Crippen molar-refractivity contribution in [2.24, 2.45) is 20.0 Å². The first-order valence-corrected chi connectivity index (χ1v) is 46.3. The van der Waals surface area contributed by atoms with Crippen LogP contribution in [0.4, 0.5) is 22.7 Å². The van der Waals surface area contributed by atoms with E-state index in [9.17, 15) is 34.8 Å². The molecular weight excluding hydrogens is 1660 g/mol. The lowest BCUT2D eigenvalue weighted by molar-refractivity contribution is 0.0683. The third kappa shape index (κ3) is 27.8. The van der Waals surface area contributed by atoms with E-state index >= 15 is 0 Å². The highest BCUT2D eigenvalue weighted by atomic mass is 32.2. The van der Waals surface area contributed by atoms with E-state index in [2.05, 4.69) is 268 Å². The van der Waals surface area contributed by atoms with Gasteiger partial charge in [-0.25, -0.2) is 14.4 Å². The Morgan fingerprint density at radius 1 is 0.386 bits per heavy atom. The number of benzene rings is 11. The van der Waals surface area contributed by atoms with E-state index in [4.69, 9.17) is 39.3 Å². The maximum Gasteiger partial charge on any atom is 0.336 e. The summed E-state index contributed by atoms with van der Waals surface area (Å²) in [5.41, 5.74) is 24.6. The van der Waals surface area contributed by atoms with E-state index in [-0.39, 0.29) is 73.7 Å². The number of furan rings is 1. The van der Waals surface area contributed by atoms with E-state index in [1.807, 2.05) is 90.4 Å². The number of rotatable bonds is 21. The lowest BCUT2D eigenvalue weighted by Crippen LogP contribution is -2.15. The molecule has 6 N–H and O–H groups in total. The van der Waals surface area contributed by atoms with Gasteiger partial charge in [0.1, 0.15) is 28.4 Å². The van der Waals surface area contributed by atoms with Crippen LogP contribution in [0.5, 0.6) is 11.5 Å². The number of carbonyl (C=O) groups is 3. The molecule has 132 heavy (non-hydrogen) atoms. The quantitative estimate of drug-likeness (QED) is 0.0291. The summed E-state index contributed by atoms with van der Waals surface area (Å²) in [5.74, 6) is -0.386. The van der Waals surface area contributed by atoms with Crippen LogP contribution in [-0.2, 0) is 45.7 Å². The Bertz CT molecular complexity index is 5860. The Kier molecular flexibility index (Phi) is 35.4. The number of aliphatic imine (C=N–C) groups is 4. The number of aliphatic hydroxyl groups excluding tert-OH is 3. The molecule has 0 fully saturated rings. The number of hydrogen-bond donors (Lipinski definition) is 6. The van der Waals surface area contributed by atoms with Gasteiger partial charge in [0.2, 0.25) is 0 Å². The number of carboxylic acids is 3. The first-order valence-electron chi connectivity index (χ1n) is 45.5. The summed E-state index contributed by atoms with van der Waals surface area (Å²) in [7, 11) is 0. The Labute approximate surface area is 789 Å². The smallest absolute Gasteiger partial charge is 0.336 e. The molecule has 0 saturated heterocycles. The molecule has 16 heteroatoms. The van der Waals surface area contributed by atoms with E-state index < -0.39 is 17.9 Å². The van der Waals surface area contributed by atoms with E-state index in [0.29, 0.717) is 45.0 Å². The van der Waals surface area contributed by atoms with Crippen molar-refractivity contribution in [3.63, 3.8) is 0 Å². The van der Waals surface area contributed by atoms with Gasteiger partial charge in [0, 0.05) is 60.8 Å². The van der Waals surface area contributed by atoms with Crippen LogP contribution >= 0.6 is 11.8 Å². The zero-order chi connectivity index (χ0) is 98.2. The largest absolute Gasteiger partial charge is 0.508 e. The number of para-hydroxylation sites is 6. The highest BCUT2D eigenvalue weighted by Gasteiger charge is 2.28. The average molecular weight is 1800 g/mol. The fourth-order valence-corrected chi connectivity index (χ4v) is 15.9.